The van der Waals surface area contributed by atoms with Gasteiger partial charge in [0.05, 0.1) is 5.60 Å². The minimum absolute atomic E-state index is 0.0255. The number of hydrogen-bond acceptors (Lipinski definition) is 5. The summed E-state index contributed by atoms with van der Waals surface area (Å²) in [6.07, 6.45) is 1.06. The summed E-state index contributed by atoms with van der Waals surface area (Å²) >= 11 is 0. The van der Waals surface area contributed by atoms with Gasteiger partial charge in [-0.25, -0.2) is 0 Å². The van der Waals surface area contributed by atoms with Crippen LogP contribution in [0.3, 0.4) is 0 Å². The highest BCUT2D eigenvalue weighted by molar-refractivity contribution is 5.66. The van der Waals surface area contributed by atoms with Gasteiger partial charge in [0.2, 0.25) is 0 Å². The zero-order valence-corrected chi connectivity index (χ0v) is 13.5. The van der Waals surface area contributed by atoms with Gasteiger partial charge in [0.25, 0.3) is 0 Å². The number of esters is 1. The van der Waals surface area contributed by atoms with Crippen molar-refractivity contribution in [2.45, 2.75) is 51.7 Å². The Bertz CT molecular complexity index is 557. The first kappa shape index (κ1) is 18.0. The van der Waals surface area contributed by atoms with Gasteiger partial charge >= 0.3 is 5.97 Å². The van der Waals surface area contributed by atoms with Crippen molar-refractivity contribution >= 4 is 5.97 Å². The molecule has 0 radical (unpaired) electrons. The fraction of sp³-hybridized carbons (Fsp3) is 0.471. The highest BCUT2D eigenvalue weighted by Crippen LogP contribution is 2.36. The van der Waals surface area contributed by atoms with Crippen LogP contribution in [0.25, 0.3) is 0 Å². The fourth-order valence-electron chi connectivity index (χ4n) is 2.26. The SMILES string of the molecule is C=CC(CC(OC(C)=O)C(C)(C)O)c1cc(O)c(C)cc1O. The third kappa shape index (κ3) is 4.49. The Morgan fingerprint density at radius 1 is 1.36 bits per heavy atom. The summed E-state index contributed by atoms with van der Waals surface area (Å²) in [5.74, 6) is -0.794. The number of benzene rings is 1. The molecule has 0 fully saturated rings. The lowest BCUT2D eigenvalue weighted by Crippen LogP contribution is -2.40. The number of aromatic hydroxyl groups is 2. The molecule has 5 nitrogen and oxygen atoms in total. The first-order chi connectivity index (χ1) is 10.1. The molecule has 5 heteroatoms. The molecule has 0 saturated carbocycles. The number of allylic oxidation sites excluding steroid dienone is 1. The number of phenolic OH excluding ortho intramolecular Hbond substituents is 2. The molecule has 1 aromatic carbocycles. The standard InChI is InChI=1S/C17H24O5/c1-6-12(8-16(17(4,5)21)22-11(3)18)13-9-14(19)10(2)7-15(13)20/h6-7,9,12,16,19-21H,1,8H2,2-5H3. The Balaban J connectivity index is 3.12. The lowest BCUT2D eigenvalue weighted by molar-refractivity contribution is -0.160. The number of aliphatic hydroxyl groups is 1. The Hall–Kier alpha value is -2.01. The van der Waals surface area contributed by atoms with Crippen LogP contribution in [0.2, 0.25) is 0 Å². The third-order valence-corrected chi connectivity index (χ3v) is 3.59. The lowest BCUT2D eigenvalue weighted by Gasteiger charge is -2.31. The van der Waals surface area contributed by atoms with Crippen LogP contribution in [0.1, 0.15) is 44.2 Å². The predicted octanol–water partition coefficient (Wildman–Crippen LogP) is 2.77. The van der Waals surface area contributed by atoms with E-state index in [1.807, 2.05) is 0 Å². The molecular weight excluding hydrogens is 284 g/mol. The number of carbonyl (C=O) groups is 1. The molecule has 22 heavy (non-hydrogen) atoms. The number of ether oxygens (including phenoxy) is 1. The van der Waals surface area contributed by atoms with E-state index in [0.29, 0.717) is 11.1 Å². The molecule has 0 aliphatic carbocycles. The number of rotatable bonds is 6. The van der Waals surface area contributed by atoms with E-state index in [4.69, 9.17) is 4.74 Å². The zero-order chi connectivity index (χ0) is 17.1. The van der Waals surface area contributed by atoms with Crippen molar-refractivity contribution in [1.29, 1.82) is 0 Å². The number of aryl methyl sites for hydroxylation is 1. The molecule has 0 amide bonds. The average Bonchev–Trinajstić information content (AvgIpc) is 2.37. The molecule has 0 bridgehead atoms. The van der Waals surface area contributed by atoms with E-state index in [-0.39, 0.29) is 23.8 Å². The van der Waals surface area contributed by atoms with Crippen LogP contribution >= 0.6 is 0 Å². The smallest absolute Gasteiger partial charge is 0.303 e. The number of carbonyl (C=O) groups excluding carboxylic acids is 1. The van der Waals surface area contributed by atoms with Crippen molar-refractivity contribution in [3.05, 3.63) is 35.9 Å². The first-order valence-electron chi connectivity index (χ1n) is 7.10. The fourth-order valence-corrected chi connectivity index (χ4v) is 2.26. The molecule has 1 aromatic rings. The summed E-state index contributed by atoms with van der Waals surface area (Å²) in [5, 5.41) is 30.1. The number of hydrogen-bond donors (Lipinski definition) is 3. The van der Waals surface area contributed by atoms with Crippen LogP contribution in [0.5, 0.6) is 11.5 Å². The van der Waals surface area contributed by atoms with Gasteiger partial charge in [0, 0.05) is 18.4 Å². The summed E-state index contributed by atoms with van der Waals surface area (Å²) in [6.45, 7) is 9.78. The van der Waals surface area contributed by atoms with Gasteiger partial charge in [0.1, 0.15) is 17.6 Å². The van der Waals surface area contributed by atoms with E-state index in [9.17, 15) is 20.1 Å². The molecule has 0 spiro atoms. The maximum absolute atomic E-state index is 11.2. The van der Waals surface area contributed by atoms with Crippen molar-refractivity contribution in [2.75, 3.05) is 0 Å². The molecule has 0 heterocycles. The summed E-state index contributed by atoms with van der Waals surface area (Å²) in [4.78, 5) is 11.2. The van der Waals surface area contributed by atoms with Gasteiger partial charge in [-0.05, 0) is 44.9 Å². The highest BCUT2D eigenvalue weighted by atomic mass is 16.6. The molecule has 1 rings (SSSR count). The number of phenols is 2. The van der Waals surface area contributed by atoms with Crippen LogP contribution in [0, 0.1) is 6.92 Å². The molecule has 2 atom stereocenters. The summed E-state index contributed by atoms with van der Waals surface area (Å²) in [6, 6.07) is 2.93. The topological polar surface area (TPSA) is 87.0 Å². The van der Waals surface area contributed by atoms with Gasteiger partial charge in [0.15, 0.2) is 0 Å². The summed E-state index contributed by atoms with van der Waals surface area (Å²) < 4.78 is 5.18. The molecule has 0 aliphatic heterocycles. The first-order valence-corrected chi connectivity index (χ1v) is 7.10. The van der Waals surface area contributed by atoms with Crippen molar-refractivity contribution in [3.8, 4) is 11.5 Å². The quantitative estimate of drug-likeness (QED) is 0.427. The molecule has 0 aliphatic rings. The van der Waals surface area contributed by atoms with Crippen molar-refractivity contribution in [3.63, 3.8) is 0 Å². The summed E-state index contributed by atoms with van der Waals surface area (Å²) in [7, 11) is 0. The minimum atomic E-state index is -1.24. The van der Waals surface area contributed by atoms with Gasteiger partial charge < -0.3 is 20.1 Å². The van der Waals surface area contributed by atoms with Crippen molar-refractivity contribution < 1.29 is 24.9 Å². The van der Waals surface area contributed by atoms with Crippen LogP contribution in [0.4, 0.5) is 0 Å². The second-order valence-corrected chi connectivity index (χ2v) is 6.03. The highest BCUT2D eigenvalue weighted by Gasteiger charge is 2.32. The van der Waals surface area contributed by atoms with Gasteiger partial charge in [-0.1, -0.05) is 6.08 Å². The molecule has 2 unspecified atom stereocenters. The van der Waals surface area contributed by atoms with Crippen LogP contribution < -0.4 is 0 Å². The van der Waals surface area contributed by atoms with Gasteiger partial charge in [-0.15, -0.1) is 6.58 Å². The monoisotopic (exact) mass is 308 g/mol. The Labute approximate surface area is 130 Å². The van der Waals surface area contributed by atoms with Crippen LogP contribution in [-0.2, 0) is 9.53 Å². The predicted molar refractivity (Wildman–Crippen MR) is 83.9 cm³/mol. The molecule has 0 saturated heterocycles. The molecule has 3 N–H and O–H groups in total. The maximum Gasteiger partial charge on any atom is 0.303 e. The Morgan fingerprint density at radius 3 is 2.41 bits per heavy atom. The van der Waals surface area contributed by atoms with Crippen LogP contribution in [-0.4, -0.2) is 33.0 Å². The van der Waals surface area contributed by atoms with Gasteiger partial charge in [-0.2, -0.15) is 0 Å². The summed E-state index contributed by atoms with van der Waals surface area (Å²) in [5.41, 5.74) is -0.211. The second kappa shape index (κ2) is 6.83. The second-order valence-electron chi connectivity index (χ2n) is 6.03. The molecule has 0 aromatic heterocycles. The lowest BCUT2D eigenvalue weighted by atomic mass is 9.86. The minimum Gasteiger partial charge on any atom is -0.508 e. The normalized spacial score (nSPS) is 14.2. The van der Waals surface area contributed by atoms with Crippen molar-refractivity contribution in [2.24, 2.45) is 0 Å². The third-order valence-electron chi connectivity index (χ3n) is 3.59. The van der Waals surface area contributed by atoms with Crippen LogP contribution in [0.15, 0.2) is 24.8 Å². The van der Waals surface area contributed by atoms with E-state index in [0.717, 1.165) is 0 Å². The Morgan fingerprint density at radius 2 is 1.95 bits per heavy atom. The molecular formula is C17H24O5. The largest absolute Gasteiger partial charge is 0.508 e. The van der Waals surface area contributed by atoms with Gasteiger partial charge in [-0.3, -0.25) is 4.79 Å². The zero-order valence-electron chi connectivity index (χ0n) is 13.5. The maximum atomic E-state index is 11.2. The van der Waals surface area contributed by atoms with E-state index >= 15 is 0 Å². The van der Waals surface area contributed by atoms with E-state index in [1.54, 1.807) is 26.8 Å². The van der Waals surface area contributed by atoms with Crippen molar-refractivity contribution in [1.82, 2.24) is 0 Å². The van der Waals surface area contributed by atoms with E-state index in [1.165, 1.54) is 19.1 Å². The van der Waals surface area contributed by atoms with E-state index < -0.39 is 17.7 Å². The van der Waals surface area contributed by atoms with E-state index in [2.05, 4.69) is 6.58 Å². The Kier molecular flexibility index (Phi) is 5.60. The molecule has 122 valence electrons. The average molecular weight is 308 g/mol.